The number of ketones is 2. The number of halogens is 4. The van der Waals surface area contributed by atoms with E-state index < -0.39 is 11.9 Å². The zero-order valence-electron chi connectivity index (χ0n) is 22.8. The van der Waals surface area contributed by atoms with Crippen LogP contribution in [0.15, 0.2) is 24.3 Å². The molecule has 0 saturated heterocycles. The molecule has 0 aliphatic carbocycles. The summed E-state index contributed by atoms with van der Waals surface area (Å²) in [6.07, 6.45) is 10.7. The number of benzene rings is 2. The maximum atomic E-state index is 12.5. The number of carbonyl (C=O) groups excluding carboxylic acids is 4. The number of unbranched alkanes of at least 4 members (excludes halogenated alkanes) is 8. The summed E-state index contributed by atoms with van der Waals surface area (Å²) < 4.78 is 10.1. The van der Waals surface area contributed by atoms with Gasteiger partial charge in [-0.1, -0.05) is 112 Å². The monoisotopic (exact) mass is 630 g/mol. The lowest BCUT2D eigenvalue weighted by Crippen LogP contribution is -2.26. The second-order valence-electron chi connectivity index (χ2n) is 9.49. The van der Waals surface area contributed by atoms with Crippen LogP contribution < -0.4 is 9.47 Å². The summed E-state index contributed by atoms with van der Waals surface area (Å²) in [6, 6.07) is 5.35. The van der Waals surface area contributed by atoms with Gasteiger partial charge in [0.15, 0.2) is 23.1 Å². The van der Waals surface area contributed by atoms with E-state index in [1.807, 2.05) is 0 Å². The van der Waals surface area contributed by atoms with Crippen LogP contribution in [-0.4, -0.2) is 23.5 Å². The fourth-order valence-electron chi connectivity index (χ4n) is 3.97. The Bertz CT molecular complexity index is 1070. The third-order valence-corrected chi connectivity index (χ3v) is 7.33. The van der Waals surface area contributed by atoms with Gasteiger partial charge in [0.05, 0.1) is 20.1 Å². The first-order chi connectivity index (χ1) is 19.1. The number of rotatable bonds is 16. The van der Waals surface area contributed by atoms with Gasteiger partial charge in [0.2, 0.25) is 0 Å². The number of esters is 2. The van der Waals surface area contributed by atoms with Gasteiger partial charge in [-0.15, -0.1) is 0 Å². The lowest BCUT2D eigenvalue weighted by Gasteiger charge is -2.12. The zero-order valence-corrected chi connectivity index (χ0v) is 25.8. The molecule has 0 fully saturated rings. The highest BCUT2D eigenvalue weighted by atomic mass is 35.5. The van der Waals surface area contributed by atoms with Crippen molar-refractivity contribution in [1.82, 2.24) is 0 Å². The lowest BCUT2D eigenvalue weighted by atomic mass is 10.0. The minimum atomic E-state index is -1.43. The average Bonchev–Trinajstić information content (AvgIpc) is 2.91. The van der Waals surface area contributed by atoms with Crippen molar-refractivity contribution in [2.24, 2.45) is 0 Å². The molecule has 40 heavy (non-hydrogen) atoms. The number of ether oxygens (including phenoxy) is 2. The van der Waals surface area contributed by atoms with E-state index in [4.69, 9.17) is 55.9 Å². The topological polar surface area (TPSA) is 86.7 Å². The van der Waals surface area contributed by atoms with Gasteiger partial charge in [-0.2, -0.15) is 0 Å². The molecule has 0 N–H and O–H groups in total. The fourth-order valence-corrected chi connectivity index (χ4v) is 5.10. The Labute approximate surface area is 255 Å². The molecule has 2 rings (SSSR count). The lowest BCUT2D eigenvalue weighted by molar-refractivity contribution is -0.156. The Morgan fingerprint density at radius 3 is 1.12 bits per heavy atom. The van der Waals surface area contributed by atoms with Crippen LogP contribution in [0.25, 0.3) is 0 Å². The molecule has 0 aliphatic heterocycles. The Morgan fingerprint density at radius 2 is 0.825 bits per heavy atom. The first-order valence-corrected chi connectivity index (χ1v) is 15.1. The fraction of sp³-hybridized carbons (Fsp3) is 0.467. The molecule has 0 bridgehead atoms. The summed E-state index contributed by atoms with van der Waals surface area (Å²) in [7, 11) is 0. The minimum absolute atomic E-state index is 0.114. The Morgan fingerprint density at radius 1 is 0.525 bits per heavy atom. The van der Waals surface area contributed by atoms with Crippen LogP contribution in [0.5, 0.6) is 11.5 Å². The van der Waals surface area contributed by atoms with Crippen molar-refractivity contribution < 1.29 is 28.7 Å². The van der Waals surface area contributed by atoms with Crippen molar-refractivity contribution in [3.8, 4) is 11.5 Å². The summed E-state index contributed by atoms with van der Waals surface area (Å²) >= 11 is 24.8. The Kier molecular flexibility index (Phi) is 15.0. The molecular formula is C30H34Cl4O6. The highest BCUT2D eigenvalue weighted by Crippen LogP contribution is 2.37. The highest BCUT2D eigenvalue weighted by Gasteiger charge is 2.26. The second-order valence-corrected chi connectivity index (χ2v) is 11.1. The summed E-state index contributed by atoms with van der Waals surface area (Å²) in [5.41, 5.74) is 0.559. The van der Waals surface area contributed by atoms with Crippen molar-refractivity contribution in [3.63, 3.8) is 0 Å². The predicted octanol–water partition coefficient (Wildman–Crippen LogP) is 9.90. The van der Waals surface area contributed by atoms with E-state index in [2.05, 4.69) is 13.8 Å². The molecular weight excluding hydrogens is 598 g/mol. The smallest absolute Gasteiger partial charge is 0.415 e. The van der Waals surface area contributed by atoms with Crippen LogP contribution in [0.2, 0.25) is 20.1 Å². The summed E-state index contributed by atoms with van der Waals surface area (Å²) in [5, 5.41) is -0.457. The van der Waals surface area contributed by atoms with E-state index in [-0.39, 0.29) is 54.3 Å². The first-order valence-electron chi connectivity index (χ1n) is 13.6. The SMILES string of the molecule is CCCCCCCC(=O)c1cc(Cl)c(OC(=O)C(=O)Oc2c(Cl)cc(C(=O)CCCCCCC)cc2Cl)c(Cl)c1. The Balaban J connectivity index is 2.01. The molecule has 0 heterocycles. The molecule has 0 atom stereocenters. The van der Waals surface area contributed by atoms with E-state index >= 15 is 0 Å². The highest BCUT2D eigenvalue weighted by molar-refractivity contribution is 6.40. The van der Waals surface area contributed by atoms with Crippen molar-refractivity contribution in [1.29, 1.82) is 0 Å². The van der Waals surface area contributed by atoms with E-state index in [1.54, 1.807) is 0 Å². The standard InChI is InChI=1S/C30H34Cl4O6/c1-3-5-7-9-11-13-25(35)19-15-21(31)27(22(32)16-19)39-29(37)30(38)40-28-23(33)17-20(18-24(28)34)26(36)14-12-10-8-6-4-2/h15-18H,3-14H2,1-2H3. The van der Waals surface area contributed by atoms with E-state index in [0.717, 1.165) is 64.2 Å². The van der Waals surface area contributed by atoms with Gasteiger partial charge in [0, 0.05) is 24.0 Å². The van der Waals surface area contributed by atoms with Crippen LogP contribution in [-0.2, 0) is 9.59 Å². The van der Waals surface area contributed by atoms with E-state index in [9.17, 15) is 19.2 Å². The average molecular weight is 632 g/mol. The molecule has 2 aromatic rings. The quantitative estimate of drug-likeness (QED) is 0.0602. The number of carbonyl (C=O) groups is 4. The first kappa shape index (κ1) is 34.1. The maximum Gasteiger partial charge on any atom is 0.423 e. The largest absolute Gasteiger partial charge is 0.423 e. The van der Waals surface area contributed by atoms with Crippen LogP contribution >= 0.6 is 46.4 Å². The number of Topliss-reactive ketones (excluding diaryl/α,β-unsaturated/α-hetero) is 2. The number of hydrogen-bond donors (Lipinski definition) is 0. The summed E-state index contributed by atoms with van der Waals surface area (Å²) in [5.74, 6) is -3.72. The predicted molar refractivity (Wildman–Crippen MR) is 160 cm³/mol. The molecule has 6 nitrogen and oxygen atoms in total. The van der Waals surface area contributed by atoms with Crippen LogP contribution in [0, 0.1) is 0 Å². The van der Waals surface area contributed by atoms with Crippen LogP contribution in [0.3, 0.4) is 0 Å². The molecule has 0 aliphatic rings. The van der Waals surface area contributed by atoms with Gasteiger partial charge in [-0.25, -0.2) is 9.59 Å². The summed E-state index contributed by atoms with van der Waals surface area (Å²) in [4.78, 5) is 49.9. The molecule has 218 valence electrons. The van der Waals surface area contributed by atoms with E-state index in [1.165, 1.54) is 24.3 Å². The van der Waals surface area contributed by atoms with Crippen molar-refractivity contribution in [3.05, 3.63) is 55.5 Å². The molecule has 0 amide bonds. The molecule has 0 aromatic heterocycles. The van der Waals surface area contributed by atoms with Gasteiger partial charge in [0.1, 0.15) is 0 Å². The minimum Gasteiger partial charge on any atom is -0.415 e. The third kappa shape index (κ3) is 10.7. The second kappa shape index (κ2) is 17.6. The van der Waals surface area contributed by atoms with Crippen LogP contribution in [0.4, 0.5) is 0 Å². The molecule has 0 spiro atoms. The maximum absolute atomic E-state index is 12.5. The van der Waals surface area contributed by atoms with Gasteiger partial charge in [0.25, 0.3) is 0 Å². The molecule has 0 unspecified atom stereocenters. The van der Waals surface area contributed by atoms with Gasteiger partial charge < -0.3 is 9.47 Å². The van der Waals surface area contributed by atoms with Gasteiger partial charge in [-0.05, 0) is 37.1 Å². The van der Waals surface area contributed by atoms with Gasteiger partial charge in [-0.3, -0.25) is 9.59 Å². The number of hydrogen-bond acceptors (Lipinski definition) is 6. The van der Waals surface area contributed by atoms with Crippen LogP contribution in [0.1, 0.15) is 112 Å². The normalized spacial score (nSPS) is 10.8. The van der Waals surface area contributed by atoms with Gasteiger partial charge >= 0.3 is 11.9 Å². The zero-order chi connectivity index (χ0) is 29.7. The molecule has 10 heteroatoms. The Hall–Kier alpha value is -2.12. The van der Waals surface area contributed by atoms with Crippen molar-refractivity contribution in [2.75, 3.05) is 0 Å². The van der Waals surface area contributed by atoms with E-state index in [0.29, 0.717) is 12.8 Å². The van der Waals surface area contributed by atoms with Crippen molar-refractivity contribution in [2.45, 2.75) is 90.9 Å². The molecule has 2 aromatic carbocycles. The van der Waals surface area contributed by atoms with Crippen molar-refractivity contribution >= 4 is 69.9 Å². The summed E-state index contributed by atoms with van der Waals surface area (Å²) in [6.45, 7) is 4.23. The molecule has 0 saturated carbocycles. The third-order valence-electron chi connectivity index (χ3n) is 6.21. The molecule has 0 radical (unpaired) electrons.